The van der Waals surface area contributed by atoms with Crippen molar-refractivity contribution in [3.63, 3.8) is 0 Å². The molecule has 0 aliphatic carbocycles. The van der Waals surface area contributed by atoms with Gasteiger partial charge in [0, 0.05) is 19.5 Å². The van der Waals surface area contributed by atoms with E-state index in [-0.39, 0.29) is 17.6 Å². The Labute approximate surface area is 104 Å². The molecular formula is C13H26N2O2. The second kappa shape index (κ2) is 6.36. The average Bonchev–Trinajstić information content (AvgIpc) is 2.21. The molecular weight excluding hydrogens is 216 g/mol. The summed E-state index contributed by atoms with van der Waals surface area (Å²) in [5.74, 6) is 0.255. The number of morpholine rings is 1. The van der Waals surface area contributed by atoms with Gasteiger partial charge in [-0.3, -0.25) is 4.79 Å². The van der Waals surface area contributed by atoms with E-state index >= 15 is 0 Å². The first kappa shape index (κ1) is 14.5. The van der Waals surface area contributed by atoms with Gasteiger partial charge in [0.15, 0.2) is 0 Å². The highest BCUT2D eigenvalue weighted by Crippen LogP contribution is 2.21. The Bertz CT molecular complexity index is 254. The predicted octanol–water partition coefficient (Wildman–Crippen LogP) is 1.53. The highest BCUT2D eigenvalue weighted by atomic mass is 16.5. The molecule has 0 bridgehead atoms. The Kier molecular flexibility index (Phi) is 5.40. The van der Waals surface area contributed by atoms with E-state index in [0.717, 1.165) is 32.4 Å². The summed E-state index contributed by atoms with van der Waals surface area (Å²) in [6, 6.07) is 0. The van der Waals surface area contributed by atoms with Crippen LogP contribution in [0.2, 0.25) is 0 Å². The molecule has 4 nitrogen and oxygen atoms in total. The van der Waals surface area contributed by atoms with Crippen molar-refractivity contribution < 1.29 is 9.53 Å². The SMILES string of the molecule is CC1CN(C(=O)CCCCCN)CC(C)(C)O1. The number of unbranched alkanes of at least 4 members (excludes halogenated alkanes) is 2. The summed E-state index contributed by atoms with van der Waals surface area (Å²) >= 11 is 0. The van der Waals surface area contributed by atoms with Crippen LogP contribution in [0.4, 0.5) is 0 Å². The van der Waals surface area contributed by atoms with E-state index in [1.807, 2.05) is 25.7 Å². The number of rotatable bonds is 5. The molecule has 0 aromatic carbocycles. The predicted molar refractivity (Wildman–Crippen MR) is 68.7 cm³/mol. The molecule has 1 rings (SSSR count). The molecule has 1 aliphatic rings. The maximum atomic E-state index is 12.0. The van der Waals surface area contributed by atoms with Crippen LogP contribution in [0.5, 0.6) is 0 Å². The summed E-state index contributed by atoms with van der Waals surface area (Å²) in [6.45, 7) is 8.24. The number of carbonyl (C=O) groups excluding carboxylic acids is 1. The minimum absolute atomic E-state index is 0.131. The highest BCUT2D eigenvalue weighted by Gasteiger charge is 2.33. The Morgan fingerprint density at radius 1 is 1.41 bits per heavy atom. The zero-order valence-electron chi connectivity index (χ0n) is 11.4. The molecule has 1 heterocycles. The van der Waals surface area contributed by atoms with Gasteiger partial charge in [0.25, 0.3) is 0 Å². The van der Waals surface area contributed by atoms with Gasteiger partial charge in [0.1, 0.15) is 0 Å². The lowest BCUT2D eigenvalue weighted by atomic mass is 10.0. The lowest BCUT2D eigenvalue weighted by Gasteiger charge is -2.41. The summed E-state index contributed by atoms with van der Waals surface area (Å²) in [5.41, 5.74) is 5.21. The first-order chi connectivity index (χ1) is 7.94. The Morgan fingerprint density at radius 2 is 2.12 bits per heavy atom. The lowest BCUT2D eigenvalue weighted by molar-refractivity contribution is -0.158. The van der Waals surface area contributed by atoms with Crippen LogP contribution in [0.25, 0.3) is 0 Å². The van der Waals surface area contributed by atoms with Gasteiger partial charge in [0.2, 0.25) is 5.91 Å². The standard InChI is InChI=1S/C13H26N2O2/c1-11-9-15(10-13(2,3)17-11)12(16)7-5-4-6-8-14/h11H,4-10,14H2,1-3H3. The highest BCUT2D eigenvalue weighted by molar-refractivity contribution is 5.76. The number of nitrogens with zero attached hydrogens (tertiary/aromatic N) is 1. The van der Waals surface area contributed by atoms with Crippen LogP contribution in [-0.2, 0) is 9.53 Å². The second-order valence-corrected chi connectivity index (χ2v) is 5.56. The quantitative estimate of drug-likeness (QED) is 0.744. The van der Waals surface area contributed by atoms with Crippen molar-refractivity contribution >= 4 is 5.91 Å². The van der Waals surface area contributed by atoms with Gasteiger partial charge in [0.05, 0.1) is 11.7 Å². The van der Waals surface area contributed by atoms with E-state index in [4.69, 9.17) is 10.5 Å². The molecule has 0 aromatic heterocycles. The molecule has 100 valence electrons. The van der Waals surface area contributed by atoms with Gasteiger partial charge >= 0.3 is 0 Å². The van der Waals surface area contributed by atoms with Crippen LogP contribution >= 0.6 is 0 Å². The molecule has 1 amide bonds. The molecule has 2 N–H and O–H groups in total. The topological polar surface area (TPSA) is 55.6 Å². The van der Waals surface area contributed by atoms with E-state index in [1.54, 1.807) is 0 Å². The van der Waals surface area contributed by atoms with Crippen LogP contribution in [-0.4, -0.2) is 42.1 Å². The number of ether oxygens (including phenoxy) is 1. The molecule has 1 fully saturated rings. The molecule has 1 aliphatic heterocycles. The van der Waals surface area contributed by atoms with E-state index in [0.29, 0.717) is 13.0 Å². The molecule has 1 saturated heterocycles. The van der Waals surface area contributed by atoms with Crippen LogP contribution in [0.3, 0.4) is 0 Å². The lowest BCUT2D eigenvalue weighted by Crippen LogP contribution is -2.53. The van der Waals surface area contributed by atoms with E-state index in [1.165, 1.54) is 0 Å². The fourth-order valence-electron chi connectivity index (χ4n) is 2.40. The summed E-state index contributed by atoms with van der Waals surface area (Å²) < 4.78 is 5.79. The third-order valence-electron chi connectivity index (χ3n) is 3.02. The molecule has 0 saturated carbocycles. The van der Waals surface area contributed by atoms with Crippen LogP contribution in [0, 0.1) is 0 Å². The van der Waals surface area contributed by atoms with Gasteiger partial charge in [-0.1, -0.05) is 6.42 Å². The maximum Gasteiger partial charge on any atom is 0.222 e. The fourth-order valence-corrected chi connectivity index (χ4v) is 2.40. The van der Waals surface area contributed by atoms with E-state index < -0.39 is 0 Å². The normalized spacial score (nSPS) is 23.8. The first-order valence-corrected chi connectivity index (χ1v) is 6.60. The third-order valence-corrected chi connectivity index (χ3v) is 3.02. The zero-order valence-corrected chi connectivity index (χ0v) is 11.4. The third kappa shape index (κ3) is 5.04. The molecule has 1 unspecified atom stereocenters. The van der Waals surface area contributed by atoms with Crippen molar-refractivity contribution in [3.8, 4) is 0 Å². The molecule has 0 spiro atoms. The summed E-state index contributed by atoms with van der Waals surface area (Å²) in [5, 5.41) is 0. The van der Waals surface area contributed by atoms with E-state index in [2.05, 4.69) is 0 Å². The van der Waals surface area contributed by atoms with Gasteiger partial charge in [-0.05, 0) is 40.2 Å². The van der Waals surface area contributed by atoms with Crippen LogP contribution in [0.15, 0.2) is 0 Å². The minimum atomic E-state index is -0.218. The average molecular weight is 242 g/mol. The van der Waals surface area contributed by atoms with Gasteiger partial charge in [-0.2, -0.15) is 0 Å². The number of hydrogen-bond acceptors (Lipinski definition) is 3. The fraction of sp³-hybridized carbons (Fsp3) is 0.923. The van der Waals surface area contributed by atoms with Gasteiger partial charge in [-0.25, -0.2) is 0 Å². The number of carbonyl (C=O) groups is 1. The van der Waals surface area contributed by atoms with Crippen molar-refractivity contribution in [2.75, 3.05) is 19.6 Å². The molecule has 0 radical (unpaired) electrons. The zero-order chi connectivity index (χ0) is 12.9. The van der Waals surface area contributed by atoms with Crippen molar-refractivity contribution in [1.82, 2.24) is 4.90 Å². The number of amides is 1. The van der Waals surface area contributed by atoms with Crippen molar-refractivity contribution in [3.05, 3.63) is 0 Å². The van der Waals surface area contributed by atoms with Crippen molar-refractivity contribution in [2.45, 2.75) is 58.2 Å². The summed E-state index contributed by atoms with van der Waals surface area (Å²) in [7, 11) is 0. The summed E-state index contributed by atoms with van der Waals surface area (Å²) in [4.78, 5) is 14.0. The van der Waals surface area contributed by atoms with Crippen LogP contribution in [0.1, 0.15) is 46.5 Å². The van der Waals surface area contributed by atoms with Crippen molar-refractivity contribution in [2.24, 2.45) is 5.73 Å². The maximum absolute atomic E-state index is 12.0. The molecule has 0 aromatic rings. The smallest absolute Gasteiger partial charge is 0.222 e. The molecule has 1 atom stereocenters. The minimum Gasteiger partial charge on any atom is -0.369 e. The largest absolute Gasteiger partial charge is 0.369 e. The molecule has 17 heavy (non-hydrogen) atoms. The Morgan fingerprint density at radius 3 is 2.71 bits per heavy atom. The summed E-state index contributed by atoms with van der Waals surface area (Å²) in [6.07, 6.45) is 3.78. The number of hydrogen-bond donors (Lipinski definition) is 1. The Balaban J connectivity index is 2.35. The monoisotopic (exact) mass is 242 g/mol. The van der Waals surface area contributed by atoms with Crippen LogP contribution < -0.4 is 5.73 Å². The first-order valence-electron chi connectivity index (χ1n) is 6.60. The second-order valence-electron chi connectivity index (χ2n) is 5.56. The van der Waals surface area contributed by atoms with E-state index in [9.17, 15) is 4.79 Å². The van der Waals surface area contributed by atoms with Crippen molar-refractivity contribution in [1.29, 1.82) is 0 Å². The van der Waals surface area contributed by atoms with Gasteiger partial charge < -0.3 is 15.4 Å². The van der Waals surface area contributed by atoms with Gasteiger partial charge in [-0.15, -0.1) is 0 Å². The Hall–Kier alpha value is -0.610. The molecule has 4 heteroatoms. The number of nitrogens with two attached hydrogens (primary N) is 1.